The summed E-state index contributed by atoms with van der Waals surface area (Å²) in [5.41, 5.74) is 0. The summed E-state index contributed by atoms with van der Waals surface area (Å²) in [5.74, 6) is 0. The van der Waals surface area contributed by atoms with Crippen LogP contribution in [0.2, 0.25) is 0 Å². The lowest BCUT2D eigenvalue weighted by atomic mass is 10.2. The number of hydrogen-bond donors (Lipinski definition) is 0. The SMILES string of the molecule is CCCCCCOCCCCCC.Cl. The molecule has 14 heavy (non-hydrogen) atoms. The number of halogens is 1. The predicted molar refractivity (Wildman–Crippen MR) is 66.4 cm³/mol. The van der Waals surface area contributed by atoms with Crippen LogP contribution in [0.15, 0.2) is 0 Å². The van der Waals surface area contributed by atoms with Gasteiger partial charge in [-0.15, -0.1) is 12.4 Å². The van der Waals surface area contributed by atoms with Gasteiger partial charge in [-0.25, -0.2) is 0 Å². The smallest absolute Gasteiger partial charge is 0.0466 e. The Kier molecular flexibility index (Phi) is 18.7. The van der Waals surface area contributed by atoms with Crippen molar-refractivity contribution < 1.29 is 4.74 Å². The van der Waals surface area contributed by atoms with Crippen molar-refractivity contribution in [1.82, 2.24) is 0 Å². The first-order chi connectivity index (χ1) is 6.41. The average molecular weight is 223 g/mol. The Bertz CT molecular complexity index is 76.4. The Morgan fingerprint density at radius 1 is 0.643 bits per heavy atom. The van der Waals surface area contributed by atoms with Gasteiger partial charge in [-0.05, 0) is 12.8 Å². The maximum atomic E-state index is 5.53. The molecule has 0 aliphatic heterocycles. The normalized spacial score (nSPS) is 9.86. The lowest BCUT2D eigenvalue weighted by Gasteiger charge is -2.03. The van der Waals surface area contributed by atoms with Gasteiger partial charge in [-0.2, -0.15) is 0 Å². The Morgan fingerprint density at radius 3 is 1.43 bits per heavy atom. The summed E-state index contributed by atoms with van der Waals surface area (Å²) in [6, 6.07) is 0. The monoisotopic (exact) mass is 222 g/mol. The topological polar surface area (TPSA) is 9.23 Å². The Labute approximate surface area is 96.0 Å². The van der Waals surface area contributed by atoms with Gasteiger partial charge in [-0.1, -0.05) is 52.4 Å². The maximum Gasteiger partial charge on any atom is 0.0466 e. The summed E-state index contributed by atoms with van der Waals surface area (Å²) >= 11 is 0. The molecule has 0 rings (SSSR count). The fourth-order valence-corrected chi connectivity index (χ4v) is 1.36. The molecule has 0 atom stereocenters. The van der Waals surface area contributed by atoms with Crippen molar-refractivity contribution in [2.24, 2.45) is 0 Å². The van der Waals surface area contributed by atoms with Gasteiger partial charge in [0.15, 0.2) is 0 Å². The molecule has 0 aromatic rings. The molecule has 1 nitrogen and oxygen atoms in total. The molecule has 0 heterocycles. The van der Waals surface area contributed by atoms with Crippen LogP contribution >= 0.6 is 12.4 Å². The standard InChI is InChI=1S/C12H26O.ClH/c1-3-5-7-9-11-13-12-10-8-6-4-2;/h3-12H2,1-2H3;1H. The zero-order valence-electron chi connectivity index (χ0n) is 9.89. The van der Waals surface area contributed by atoms with E-state index >= 15 is 0 Å². The third kappa shape index (κ3) is 14.8. The predicted octanol–water partition coefficient (Wildman–Crippen LogP) is 4.59. The first-order valence-electron chi connectivity index (χ1n) is 5.99. The van der Waals surface area contributed by atoms with Gasteiger partial charge in [0.2, 0.25) is 0 Å². The van der Waals surface area contributed by atoms with Gasteiger partial charge in [0, 0.05) is 13.2 Å². The second-order valence-electron chi connectivity index (χ2n) is 3.73. The molecule has 0 aromatic heterocycles. The lowest BCUT2D eigenvalue weighted by molar-refractivity contribution is 0.126. The molecule has 0 aliphatic carbocycles. The fourth-order valence-electron chi connectivity index (χ4n) is 1.36. The quantitative estimate of drug-likeness (QED) is 0.492. The molecule has 0 saturated heterocycles. The van der Waals surface area contributed by atoms with E-state index in [0.717, 1.165) is 13.2 Å². The van der Waals surface area contributed by atoms with E-state index in [9.17, 15) is 0 Å². The molecular weight excluding hydrogens is 196 g/mol. The van der Waals surface area contributed by atoms with Gasteiger partial charge in [0.1, 0.15) is 0 Å². The van der Waals surface area contributed by atoms with Crippen molar-refractivity contribution in [3.8, 4) is 0 Å². The minimum absolute atomic E-state index is 0. The van der Waals surface area contributed by atoms with Crippen LogP contribution in [0.1, 0.15) is 65.2 Å². The third-order valence-electron chi connectivity index (χ3n) is 2.28. The molecule has 0 radical (unpaired) electrons. The highest BCUT2D eigenvalue weighted by Crippen LogP contribution is 2.01. The van der Waals surface area contributed by atoms with Crippen LogP contribution in [-0.2, 0) is 4.74 Å². The molecule has 2 heteroatoms. The number of hydrogen-bond acceptors (Lipinski definition) is 1. The number of ether oxygens (including phenoxy) is 1. The van der Waals surface area contributed by atoms with Crippen LogP contribution < -0.4 is 0 Å². The summed E-state index contributed by atoms with van der Waals surface area (Å²) in [4.78, 5) is 0. The molecular formula is C12H27ClO. The van der Waals surface area contributed by atoms with Crippen molar-refractivity contribution in [2.45, 2.75) is 65.2 Å². The zero-order chi connectivity index (χ0) is 9.78. The number of unbranched alkanes of at least 4 members (excludes halogenated alkanes) is 6. The molecule has 0 N–H and O–H groups in total. The fraction of sp³-hybridized carbons (Fsp3) is 1.00. The molecule has 0 spiro atoms. The average Bonchev–Trinajstić information content (AvgIpc) is 2.16. The molecule has 0 bridgehead atoms. The summed E-state index contributed by atoms with van der Waals surface area (Å²) in [6.07, 6.45) is 10.5. The third-order valence-corrected chi connectivity index (χ3v) is 2.28. The van der Waals surface area contributed by atoms with Crippen LogP contribution in [0.25, 0.3) is 0 Å². The first-order valence-corrected chi connectivity index (χ1v) is 5.99. The van der Waals surface area contributed by atoms with E-state index in [4.69, 9.17) is 4.74 Å². The Hall–Kier alpha value is 0.250. The molecule has 0 aromatic carbocycles. The van der Waals surface area contributed by atoms with Crippen LogP contribution in [0, 0.1) is 0 Å². The van der Waals surface area contributed by atoms with Crippen molar-refractivity contribution in [2.75, 3.05) is 13.2 Å². The zero-order valence-corrected chi connectivity index (χ0v) is 10.7. The largest absolute Gasteiger partial charge is 0.381 e. The van der Waals surface area contributed by atoms with Crippen LogP contribution in [0.3, 0.4) is 0 Å². The van der Waals surface area contributed by atoms with Crippen molar-refractivity contribution in [1.29, 1.82) is 0 Å². The van der Waals surface area contributed by atoms with Crippen LogP contribution in [0.4, 0.5) is 0 Å². The van der Waals surface area contributed by atoms with Gasteiger partial charge >= 0.3 is 0 Å². The molecule has 0 unspecified atom stereocenters. The van der Waals surface area contributed by atoms with Gasteiger partial charge < -0.3 is 4.74 Å². The minimum Gasteiger partial charge on any atom is -0.381 e. The first kappa shape index (κ1) is 16.7. The minimum atomic E-state index is 0. The molecule has 88 valence electrons. The molecule has 0 aliphatic rings. The second-order valence-corrected chi connectivity index (χ2v) is 3.73. The van der Waals surface area contributed by atoms with Crippen molar-refractivity contribution >= 4 is 12.4 Å². The highest BCUT2D eigenvalue weighted by Gasteiger charge is 1.90. The van der Waals surface area contributed by atoms with Crippen molar-refractivity contribution in [3.63, 3.8) is 0 Å². The van der Waals surface area contributed by atoms with E-state index in [0.29, 0.717) is 0 Å². The van der Waals surface area contributed by atoms with Gasteiger partial charge in [0.25, 0.3) is 0 Å². The molecule has 0 saturated carbocycles. The van der Waals surface area contributed by atoms with E-state index in [-0.39, 0.29) is 12.4 Å². The summed E-state index contributed by atoms with van der Waals surface area (Å²) in [7, 11) is 0. The van der Waals surface area contributed by atoms with E-state index in [1.54, 1.807) is 0 Å². The van der Waals surface area contributed by atoms with E-state index in [1.807, 2.05) is 0 Å². The summed E-state index contributed by atoms with van der Waals surface area (Å²) < 4.78 is 5.53. The maximum absolute atomic E-state index is 5.53. The highest BCUT2D eigenvalue weighted by atomic mass is 35.5. The highest BCUT2D eigenvalue weighted by molar-refractivity contribution is 5.85. The Balaban J connectivity index is 0. The summed E-state index contributed by atoms with van der Waals surface area (Å²) in [6.45, 7) is 6.44. The van der Waals surface area contributed by atoms with Crippen LogP contribution in [0.5, 0.6) is 0 Å². The molecule has 0 fully saturated rings. The van der Waals surface area contributed by atoms with Crippen molar-refractivity contribution in [3.05, 3.63) is 0 Å². The Morgan fingerprint density at radius 2 is 1.07 bits per heavy atom. The van der Waals surface area contributed by atoms with Gasteiger partial charge in [-0.3, -0.25) is 0 Å². The lowest BCUT2D eigenvalue weighted by Crippen LogP contribution is -1.96. The van der Waals surface area contributed by atoms with Crippen LogP contribution in [-0.4, -0.2) is 13.2 Å². The van der Waals surface area contributed by atoms with E-state index in [2.05, 4.69) is 13.8 Å². The number of rotatable bonds is 10. The van der Waals surface area contributed by atoms with E-state index < -0.39 is 0 Å². The second kappa shape index (κ2) is 15.7. The molecule has 0 amide bonds. The van der Waals surface area contributed by atoms with Gasteiger partial charge in [0.05, 0.1) is 0 Å². The summed E-state index contributed by atoms with van der Waals surface area (Å²) in [5, 5.41) is 0. The van der Waals surface area contributed by atoms with E-state index in [1.165, 1.54) is 51.4 Å².